The highest BCUT2D eigenvalue weighted by molar-refractivity contribution is 9.10. The van der Waals surface area contributed by atoms with Crippen molar-refractivity contribution in [1.82, 2.24) is 14.8 Å². The number of nitrogens with zero attached hydrogens (tertiary/aromatic N) is 3. The van der Waals surface area contributed by atoms with Gasteiger partial charge in [-0.2, -0.15) is 0 Å². The van der Waals surface area contributed by atoms with Crippen molar-refractivity contribution in [3.8, 4) is 17.1 Å². The molecule has 0 aliphatic carbocycles. The smallest absolute Gasteiger partial charge is 0.311 e. The number of rotatable bonds is 11. The molecule has 2 heterocycles. The van der Waals surface area contributed by atoms with Crippen LogP contribution in [0.2, 0.25) is 0 Å². The highest BCUT2D eigenvalue weighted by Crippen LogP contribution is 2.37. The van der Waals surface area contributed by atoms with Crippen molar-refractivity contribution >= 4 is 33.8 Å². The Morgan fingerprint density at radius 2 is 1.37 bits per heavy atom. The lowest BCUT2D eigenvalue weighted by atomic mass is 9.94. The summed E-state index contributed by atoms with van der Waals surface area (Å²) in [5, 5.41) is 4.54. The lowest BCUT2D eigenvalue weighted by Gasteiger charge is -2.42. The van der Waals surface area contributed by atoms with Gasteiger partial charge in [-0.15, -0.1) is 5.10 Å². The summed E-state index contributed by atoms with van der Waals surface area (Å²) >= 11 is 3.38. The van der Waals surface area contributed by atoms with Gasteiger partial charge in [-0.1, -0.05) is 26.2 Å². The maximum Gasteiger partial charge on any atom is 0.311 e. The fraction of sp³-hybridized carbons (Fsp3) is 0.676. The number of aromatic nitrogens is 3. The summed E-state index contributed by atoms with van der Waals surface area (Å²) in [5.41, 5.74) is -1.95. The first-order valence-corrected chi connectivity index (χ1v) is 16.7. The molecule has 0 N–H and O–H groups in total. The number of hydrogen-bond acceptors (Lipinski definition) is 10. The highest BCUT2D eigenvalue weighted by atomic mass is 79.9. The Hall–Kier alpha value is -2.99. The Morgan fingerprint density at radius 3 is 1.91 bits per heavy atom. The van der Waals surface area contributed by atoms with E-state index in [9.17, 15) is 14.4 Å². The van der Waals surface area contributed by atoms with E-state index >= 15 is 0 Å². The number of unbranched alkanes of at least 4 members (excludes halogenated alkanes) is 3. The average Bonchev–Trinajstić information content (AvgIpc) is 3.34. The minimum absolute atomic E-state index is 0.153. The second kappa shape index (κ2) is 15.3. The SMILES string of the molecule is CCCCCCOc1ccc(-c2nc(Br)nn2[C@@H]2OC[C@@H](OC(=O)C(C)(C)C)[C@H](OC(=O)C(C)(C)C)[C@H]2OC(=O)C(C)(C)C)cc1. The zero-order chi connectivity index (χ0) is 34.4. The molecule has 3 rings (SSSR count). The molecule has 0 bridgehead atoms. The highest BCUT2D eigenvalue weighted by Gasteiger charge is 2.51. The van der Waals surface area contributed by atoms with Crippen molar-refractivity contribution in [2.75, 3.05) is 13.2 Å². The molecule has 2 aromatic rings. The van der Waals surface area contributed by atoms with Crippen molar-refractivity contribution in [2.24, 2.45) is 16.2 Å². The number of halogens is 1. The molecule has 11 nitrogen and oxygen atoms in total. The topological polar surface area (TPSA) is 128 Å². The molecule has 12 heteroatoms. The second-order valence-corrected chi connectivity index (χ2v) is 15.4. The Morgan fingerprint density at radius 1 is 0.826 bits per heavy atom. The molecular weight excluding hydrogens is 658 g/mol. The van der Waals surface area contributed by atoms with E-state index in [0.717, 1.165) is 25.0 Å². The Balaban J connectivity index is 2.03. The van der Waals surface area contributed by atoms with Crippen LogP contribution in [-0.4, -0.2) is 64.2 Å². The summed E-state index contributed by atoms with van der Waals surface area (Å²) in [5.74, 6) is -0.499. The molecule has 1 saturated heterocycles. The van der Waals surface area contributed by atoms with Gasteiger partial charge in [0.05, 0.1) is 29.5 Å². The first-order chi connectivity index (χ1) is 21.3. The summed E-state index contributed by atoms with van der Waals surface area (Å²) in [6.07, 6.45) is -0.154. The number of benzene rings is 1. The van der Waals surface area contributed by atoms with Crippen molar-refractivity contribution < 1.29 is 38.1 Å². The number of carbonyl (C=O) groups is 3. The van der Waals surface area contributed by atoms with Crippen LogP contribution in [-0.2, 0) is 33.3 Å². The first kappa shape index (κ1) is 37.5. The summed E-state index contributed by atoms with van der Waals surface area (Å²) in [4.78, 5) is 44.3. The van der Waals surface area contributed by atoms with Crippen molar-refractivity contribution in [2.45, 2.75) is 119 Å². The minimum atomic E-state index is -1.25. The van der Waals surface area contributed by atoms with Crippen LogP contribution in [0, 0.1) is 16.2 Å². The lowest BCUT2D eigenvalue weighted by molar-refractivity contribution is -0.249. The van der Waals surface area contributed by atoms with Gasteiger partial charge in [0.1, 0.15) is 5.75 Å². The zero-order valence-corrected chi connectivity index (χ0v) is 30.4. The van der Waals surface area contributed by atoms with Crippen LogP contribution in [0.5, 0.6) is 5.75 Å². The van der Waals surface area contributed by atoms with Crippen molar-refractivity contribution in [3.63, 3.8) is 0 Å². The molecule has 46 heavy (non-hydrogen) atoms. The summed E-state index contributed by atoms with van der Waals surface area (Å²) < 4.78 is 31.9. The molecule has 0 radical (unpaired) electrons. The quantitative estimate of drug-likeness (QED) is 0.136. The van der Waals surface area contributed by atoms with Crippen LogP contribution < -0.4 is 4.74 Å². The largest absolute Gasteiger partial charge is 0.494 e. The van der Waals surface area contributed by atoms with Crippen LogP contribution in [0.4, 0.5) is 0 Å². The number of esters is 3. The van der Waals surface area contributed by atoms with Crippen LogP contribution in [0.1, 0.15) is 101 Å². The number of ether oxygens (including phenoxy) is 5. The van der Waals surface area contributed by atoms with Gasteiger partial charge >= 0.3 is 17.9 Å². The van der Waals surface area contributed by atoms with E-state index in [0.29, 0.717) is 18.0 Å². The molecule has 0 spiro atoms. The van der Waals surface area contributed by atoms with E-state index in [4.69, 9.17) is 23.7 Å². The van der Waals surface area contributed by atoms with E-state index < -0.39 is 58.7 Å². The van der Waals surface area contributed by atoms with E-state index in [1.54, 1.807) is 62.3 Å². The molecular formula is C34H50BrN3O8. The lowest BCUT2D eigenvalue weighted by Crippen LogP contribution is -2.57. The van der Waals surface area contributed by atoms with Crippen LogP contribution in [0.3, 0.4) is 0 Å². The molecule has 1 aromatic heterocycles. The van der Waals surface area contributed by atoms with Gasteiger partial charge in [0.2, 0.25) is 4.73 Å². The molecule has 0 saturated carbocycles. The van der Waals surface area contributed by atoms with Gasteiger partial charge in [-0.05, 0) is 109 Å². The maximum atomic E-state index is 13.4. The van der Waals surface area contributed by atoms with Gasteiger partial charge in [0.15, 0.2) is 30.4 Å². The predicted octanol–water partition coefficient (Wildman–Crippen LogP) is 7.07. The fourth-order valence-electron chi connectivity index (χ4n) is 4.34. The van der Waals surface area contributed by atoms with Crippen LogP contribution >= 0.6 is 15.9 Å². The number of carbonyl (C=O) groups excluding carboxylic acids is 3. The third-order valence-corrected chi connectivity index (χ3v) is 7.55. The zero-order valence-electron chi connectivity index (χ0n) is 28.8. The molecule has 0 amide bonds. The van der Waals surface area contributed by atoms with Gasteiger partial charge < -0.3 is 23.7 Å². The van der Waals surface area contributed by atoms with E-state index in [2.05, 4.69) is 32.9 Å². The minimum Gasteiger partial charge on any atom is -0.494 e. The summed E-state index contributed by atoms with van der Waals surface area (Å²) in [6, 6.07) is 7.43. The summed E-state index contributed by atoms with van der Waals surface area (Å²) in [6.45, 7) is 18.1. The van der Waals surface area contributed by atoms with Crippen molar-refractivity contribution in [3.05, 3.63) is 29.0 Å². The van der Waals surface area contributed by atoms with Gasteiger partial charge in [0, 0.05) is 5.56 Å². The van der Waals surface area contributed by atoms with E-state index in [1.807, 2.05) is 24.3 Å². The third-order valence-electron chi connectivity index (χ3n) is 7.21. The average molecular weight is 709 g/mol. The van der Waals surface area contributed by atoms with Crippen LogP contribution in [0.15, 0.2) is 29.0 Å². The molecule has 1 aromatic carbocycles. The third kappa shape index (κ3) is 10.0. The van der Waals surface area contributed by atoms with Crippen molar-refractivity contribution in [1.29, 1.82) is 0 Å². The Labute approximate surface area is 281 Å². The number of hydrogen-bond donors (Lipinski definition) is 0. The van der Waals surface area contributed by atoms with Gasteiger partial charge in [0.25, 0.3) is 0 Å². The molecule has 4 atom stereocenters. The monoisotopic (exact) mass is 707 g/mol. The normalized spacial score (nSPS) is 20.6. The Bertz CT molecular complexity index is 1340. The standard InChI is InChI=1S/C34H50BrN3O8/c1-11-12-13-14-19-42-22-17-15-21(16-18-22)26-36-31(35)37-38(26)27-25(46-30(41)34(8,9)10)24(45-29(40)33(5,6)7)23(20-43-27)44-28(39)32(2,3)4/h15-18,23-25,27H,11-14,19-20H2,1-10H3/t23-,24+,25-,27-/m1/s1. The van der Waals surface area contributed by atoms with E-state index in [-0.39, 0.29) is 11.3 Å². The van der Waals surface area contributed by atoms with Gasteiger partial charge in [-0.3, -0.25) is 14.4 Å². The van der Waals surface area contributed by atoms with E-state index in [1.165, 1.54) is 11.1 Å². The Kier molecular flexibility index (Phi) is 12.4. The molecule has 0 unspecified atom stereocenters. The summed E-state index contributed by atoms with van der Waals surface area (Å²) in [7, 11) is 0. The fourth-order valence-corrected chi connectivity index (χ4v) is 4.68. The van der Waals surface area contributed by atoms with Crippen LogP contribution in [0.25, 0.3) is 11.4 Å². The van der Waals surface area contributed by atoms with Gasteiger partial charge in [-0.25, -0.2) is 9.67 Å². The first-order valence-electron chi connectivity index (χ1n) is 15.9. The molecule has 1 aliphatic rings. The molecule has 256 valence electrons. The predicted molar refractivity (Wildman–Crippen MR) is 176 cm³/mol. The maximum absolute atomic E-state index is 13.4. The molecule has 1 fully saturated rings. The molecule has 1 aliphatic heterocycles. The second-order valence-electron chi connectivity index (χ2n) is 14.7.